The number of benzene rings is 2. The van der Waals surface area contributed by atoms with Crippen LogP contribution in [0.5, 0.6) is 0 Å². The monoisotopic (exact) mass is 511 g/mol. The first kappa shape index (κ1) is 26.5. The summed E-state index contributed by atoms with van der Waals surface area (Å²) in [5.74, 6) is -1.78. The third-order valence-corrected chi connectivity index (χ3v) is 6.41. The van der Waals surface area contributed by atoms with Crippen molar-refractivity contribution in [2.75, 3.05) is 7.05 Å². The molecular weight excluding hydrogens is 482 g/mol. The maximum atomic E-state index is 13.7. The molecule has 2 aromatic carbocycles. The highest BCUT2D eigenvalue weighted by Crippen LogP contribution is 2.44. The van der Waals surface area contributed by atoms with Crippen LogP contribution in [0.15, 0.2) is 48.5 Å². The zero-order valence-electron chi connectivity index (χ0n) is 20.2. The molecule has 2 fully saturated rings. The van der Waals surface area contributed by atoms with E-state index in [4.69, 9.17) is 18.9 Å². The van der Waals surface area contributed by atoms with Crippen molar-refractivity contribution < 1.29 is 41.3 Å². The van der Waals surface area contributed by atoms with E-state index in [2.05, 4.69) is 5.32 Å². The van der Waals surface area contributed by atoms with Gasteiger partial charge in [0.1, 0.15) is 11.9 Å². The fourth-order valence-electron chi connectivity index (χ4n) is 4.82. The second-order valence-corrected chi connectivity index (χ2v) is 9.59. The van der Waals surface area contributed by atoms with E-state index >= 15 is 0 Å². The molecule has 6 nitrogen and oxygen atoms in total. The molecule has 1 aliphatic carbocycles. The Morgan fingerprint density at radius 2 is 1.75 bits per heavy atom. The minimum absolute atomic E-state index is 0.0346. The molecule has 0 aromatic heterocycles. The van der Waals surface area contributed by atoms with Crippen LogP contribution in [0.2, 0.25) is 0 Å². The zero-order chi connectivity index (χ0) is 26.1. The van der Waals surface area contributed by atoms with Gasteiger partial charge in [0.15, 0.2) is 11.4 Å². The van der Waals surface area contributed by atoms with Crippen molar-refractivity contribution in [3.05, 3.63) is 71.0 Å². The van der Waals surface area contributed by atoms with E-state index in [1.165, 1.54) is 31.3 Å². The Balaban J connectivity index is 1.58. The normalized spacial score (nSPS) is 27.5. The Kier molecular flexibility index (Phi) is 7.43. The first-order valence-corrected chi connectivity index (χ1v) is 11.6. The molecule has 4 atom stereocenters. The van der Waals surface area contributed by atoms with Crippen LogP contribution in [0, 0.1) is 5.82 Å². The molecule has 196 valence electrons. The summed E-state index contributed by atoms with van der Waals surface area (Å²) in [4.78, 5) is 13.1. The lowest BCUT2D eigenvalue weighted by atomic mass is 9.78. The van der Waals surface area contributed by atoms with Gasteiger partial charge in [0.05, 0.1) is 31.0 Å². The third-order valence-electron chi connectivity index (χ3n) is 6.41. The van der Waals surface area contributed by atoms with Crippen molar-refractivity contribution in [3.8, 4) is 0 Å². The van der Waals surface area contributed by atoms with E-state index in [9.17, 15) is 22.4 Å². The first-order valence-electron chi connectivity index (χ1n) is 11.6. The molecule has 2 aliphatic rings. The van der Waals surface area contributed by atoms with E-state index in [1.807, 2.05) is 0 Å². The van der Waals surface area contributed by atoms with Crippen LogP contribution in [0.3, 0.4) is 0 Å². The Bertz CT molecular complexity index is 1090. The summed E-state index contributed by atoms with van der Waals surface area (Å²) in [6.07, 6.45) is -6.07. The highest BCUT2D eigenvalue weighted by atomic mass is 19.4. The molecule has 1 heterocycles. The summed E-state index contributed by atoms with van der Waals surface area (Å²) in [6, 6.07) is 10.8. The topological polar surface area (TPSA) is 66.0 Å². The number of likely N-dealkylation sites (N-methyl/N-ethyl adjacent to an activating group) is 1. The number of amides is 1. The maximum absolute atomic E-state index is 13.7. The number of carbonyl (C=O) groups excluding carboxylic acids is 1. The highest BCUT2D eigenvalue weighted by molar-refractivity contribution is 5.85. The molecule has 1 unspecified atom stereocenters. The van der Waals surface area contributed by atoms with Crippen LogP contribution in [0.25, 0.3) is 0 Å². The van der Waals surface area contributed by atoms with Crippen molar-refractivity contribution >= 4 is 5.91 Å². The smallest absolute Gasteiger partial charge is 0.371 e. The summed E-state index contributed by atoms with van der Waals surface area (Å²) in [7, 11) is 1.48. The second kappa shape index (κ2) is 10.1. The van der Waals surface area contributed by atoms with Gasteiger partial charge in [-0.25, -0.2) is 4.39 Å². The number of fused-ring (bicyclic) bond motifs is 1. The highest BCUT2D eigenvalue weighted by Gasteiger charge is 2.57. The van der Waals surface area contributed by atoms with Crippen LogP contribution >= 0.6 is 0 Å². The van der Waals surface area contributed by atoms with E-state index < -0.39 is 53.2 Å². The molecule has 1 saturated heterocycles. The van der Waals surface area contributed by atoms with Crippen LogP contribution in [-0.4, -0.2) is 42.7 Å². The lowest BCUT2D eigenvalue weighted by Crippen LogP contribution is -2.59. The van der Waals surface area contributed by atoms with Crippen molar-refractivity contribution in [1.82, 2.24) is 5.32 Å². The van der Waals surface area contributed by atoms with Crippen LogP contribution in [0.1, 0.15) is 43.4 Å². The predicted molar refractivity (Wildman–Crippen MR) is 121 cm³/mol. The maximum Gasteiger partial charge on any atom is 0.416 e. The standard InChI is InChI=1S/C26H29F4NO5/c1-24(2)35-21-13-25(23(32)31-3,34-15-17-7-5-9-19(27)11-17)12-20(22(21)36-24)33-14-16-6-4-8-18(10-16)26(28,29)30/h4-11,20-22H,12-15H2,1-3H3,(H,31,32)/t20?,21-,22+,25-/m1/s1. The minimum atomic E-state index is -4.47. The average molecular weight is 512 g/mol. The summed E-state index contributed by atoms with van der Waals surface area (Å²) in [5.41, 5.74) is -1.28. The summed E-state index contributed by atoms with van der Waals surface area (Å²) in [5, 5.41) is 2.63. The Hall–Kier alpha value is -2.53. The predicted octanol–water partition coefficient (Wildman–Crippen LogP) is 4.75. The molecule has 1 amide bonds. The number of halogens is 4. The van der Waals surface area contributed by atoms with Gasteiger partial charge in [-0.15, -0.1) is 0 Å². The molecule has 1 saturated carbocycles. The Morgan fingerprint density at radius 3 is 2.42 bits per heavy atom. The summed E-state index contributed by atoms with van der Waals surface area (Å²) in [6.45, 7) is 3.32. The van der Waals surface area contributed by atoms with E-state index in [0.29, 0.717) is 11.1 Å². The van der Waals surface area contributed by atoms with Gasteiger partial charge in [0.2, 0.25) is 0 Å². The quantitative estimate of drug-likeness (QED) is 0.544. The van der Waals surface area contributed by atoms with Crippen molar-refractivity contribution in [2.24, 2.45) is 0 Å². The minimum Gasteiger partial charge on any atom is -0.371 e. The molecule has 1 N–H and O–H groups in total. The Morgan fingerprint density at radius 1 is 1.06 bits per heavy atom. The van der Waals surface area contributed by atoms with E-state index in [-0.39, 0.29) is 26.1 Å². The summed E-state index contributed by atoms with van der Waals surface area (Å²) >= 11 is 0. The molecule has 1 aliphatic heterocycles. The van der Waals surface area contributed by atoms with E-state index in [1.54, 1.807) is 26.0 Å². The van der Waals surface area contributed by atoms with Crippen molar-refractivity contribution in [3.63, 3.8) is 0 Å². The molecule has 36 heavy (non-hydrogen) atoms. The lowest BCUT2D eigenvalue weighted by molar-refractivity contribution is -0.183. The fraction of sp³-hybridized carbons (Fsp3) is 0.500. The number of rotatable bonds is 7. The van der Waals surface area contributed by atoms with Crippen molar-refractivity contribution in [1.29, 1.82) is 0 Å². The van der Waals surface area contributed by atoms with Crippen LogP contribution in [0.4, 0.5) is 17.6 Å². The number of hydrogen-bond acceptors (Lipinski definition) is 5. The number of carbonyl (C=O) groups is 1. The number of hydrogen-bond donors (Lipinski definition) is 1. The van der Waals surface area contributed by atoms with Crippen LogP contribution in [-0.2, 0) is 43.1 Å². The number of ether oxygens (including phenoxy) is 4. The third kappa shape index (κ3) is 5.88. The largest absolute Gasteiger partial charge is 0.416 e. The first-order chi connectivity index (χ1) is 16.9. The zero-order valence-corrected chi connectivity index (χ0v) is 20.2. The van der Waals surface area contributed by atoms with Gasteiger partial charge in [0, 0.05) is 19.9 Å². The van der Waals surface area contributed by atoms with Gasteiger partial charge in [-0.05, 0) is 49.2 Å². The summed E-state index contributed by atoms with van der Waals surface area (Å²) < 4.78 is 77.4. The fourth-order valence-corrected chi connectivity index (χ4v) is 4.82. The molecule has 0 spiro atoms. The number of alkyl halides is 3. The Labute approximate surface area is 206 Å². The van der Waals surface area contributed by atoms with Gasteiger partial charge < -0.3 is 24.3 Å². The van der Waals surface area contributed by atoms with Gasteiger partial charge in [-0.2, -0.15) is 13.2 Å². The van der Waals surface area contributed by atoms with Crippen LogP contribution < -0.4 is 5.32 Å². The molecule has 0 bridgehead atoms. The SMILES string of the molecule is CNC(=O)[C@@]1(OCc2cccc(F)c2)CC(OCc2cccc(C(F)(F)F)c2)[C@@H]2OC(C)(C)O[C@@H]2C1. The van der Waals surface area contributed by atoms with Gasteiger partial charge in [-0.3, -0.25) is 4.79 Å². The molecule has 0 radical (unpaired) electrons. The second-order valence-electron chi connectivity index (χ2n) is 9.59. The van der Waals surface area contributed by atoms with Crippen molar-refractivity contribution in [2.45, 2.75) is 75.8 Å². The molecule has 4 rings (SSSR count). The van der Waals surface area contributed by atoms with Gasteiger partial charge >= 0.3 is 6.18 Å². The molecule has 2 aromatic rings. The average Bonchev–Trinajstić information content (AvgIpc) is 3.14. The molecule has 10 heteroatoms. The van der Waals surface area contributed by atoms with Gasteiger partial charge in [0.25, 0.3) is 5.91 Å². The van der Waals surface area contributed by atoms with E-state index in [0.717, 1.165) is 12.1 Å². The number of nitrogens with one attached hydrogen (secondary N) is 1. The van der Waals surface area contributed by atoms with Gasteiger partial charge in [-0.1, -0.05) is 24.3 Å². The molecular formula is C26H29F4NO5. The lowest BCUT2D eigenvalue weighted by Gasteiger charge is -2.43.